The van der Waals surface area contributed by atoms with E-state index in [1.54, 1.807) is 52.0 Å². The summed E-state index contributed by atoms with van der Waals surface area (Å²) in [5.41, 5.74) is 9.21. The van der Waals surface area contributed by atoms with Gasteiger partial charge in [-0.3, -0.25) is 4.68 Å². The summed E-state index contributed by atoms with van der Waals surface area (Å²) in [7, 11) is 0. The third-order valence-electron chi connectivity index (χ3n) is 5.06. The minimum Gasteiger partial charge on any atom is -0.374 e. The van der Waals surface area contributed by atoms with Crippen LogP contribution in [0.15, 0.2) is 42.5 Å². The van der Waals surface area contributed by atoms with Crippen LogP contribution in [0, 0.1) is 11.3 Å². The molecule has 1 unspecified atom stereocenters. The van der Waals surface area contributed by atoms with Gasteiger partial charge in [0, 0.05) is 23.4 Å². The number of rotatable bonds is 3. The van der Waals surface area contributed by atoms with Crippen molar-refractivity contribution in [3.05, 3.63) is 69.3 Å². The Labute approximate surface area is 188 Å². The number of nitrogens with zero attached hydrogens (tertiary/aromatic N) is 4. The molecule has 1 aliphatic heterocycles. The molecule has 31 heavy (non-hydrogen) atoms. The Morgan fingerprint density at radius 1 is 1.19 bits per heavy atom. The minimum absolute atomic E-state index is 0.222. The summed E-state index contributed by atoms with van der Waals surface area (Å²) in [6.07, 6.45) is -1.28. The SMILES string of the molecule is N#Cc1ccc(NC(=O)N2CCn3nc(-c4ccc(Cl)c(Cl)c4)c(C(N)O)c3C2)cc1. The van der Waals surface area contributed by atoms with Gasteiger partial charge in [-0.25, -0.2) is 4.79 Å². The number of fused-ring (bicyclic) bond motifs is 1. The number of hydrogen-bond acceptors (Lipinski definition) is 5. The Balaban J connectivity index is 1.60. The number of aromatic nitrogens is 2. The number of benzene rings is 2. The number of carbonyl (C=O) groups excluding carboxylic acids is 1. The number of urea groups is 1. The van der Waals surface area contributed by atoms with E-state index < -0.39 is 6.23 Å². The first kappa shape index (κ1) is 21.2. The number of nitrogens with one attached hydrogen (secondary N) is 1. The lowest BCUT2D eigenvalue weighted by Crippen LogP contribution is -2.41. The Morgan fingerprint density at radius 2 is 1.94 bits per heavy atom. The Kier molecular flexibility index (Phi) is 5.85. The van der Waals surface area contributed by atoms with Crippen molar-refractivity contribution < 1.29 is 9.90 Å². The highest BCUT2D eigenvalue weighted by Gasteiger charge is 2.29. The molecule has 10 heteroatoms. The minimum atomic E-state index is -1.28. The van der Waals surface area contributed by atoms with Crippen molar-refractivity contribution in [2.75, 3.05) is 11.9 Å². The summed E-state index contributed by atoms with van der Waals surface area (Å²) in [6.45, 7) is 1.09. The van der Waals surface area contributed by atoms with E-state index in [-0.39, 0.29) is 12.6 Å². The van der Waals surface area contributed by atoms with Crippen LogP contribution in [-0.4, -0.2) is 32.4 Å². The van der Waals surface area contributed by atoms with Gasteiger partial charge in [-0.15, -0.1) is 0 Å². The van der Waals surface area contributed by atoms with Gasteiger partial charge in [-0.1, -0.05) is 29.3 Å². The van der Waals surface area contributed by atoms with Crippen LogP contribution in [0.1, 0.15) is 23.0 Å². The highest BCUT2D eigenvalue weighted by Crippen LogP contribution is 2.34. The van der Waals surface area contributed by atoms with E-state index in [1.165, 1.54) is 0 Å². The average Bonchev–Trinajstić information content (AvgIpc) is 3.15. The molecule has 3 aromatic rings. The predicted octanol–water partition coefficient (Wildman–Crippen LogP) is 3.73. The summed E-state index contributed by atoms with van der Waals surface area (Å²) in [5.74, 6) is 0. The van der Waals surface area contributed by atoms with Crippen LogP contribution in [-0.2, 0) is 13.1 Å². The quantitative estimate of drug-likeness (QED) is 0.518. The van der Waals surface area contributed by atoms with Gasteiger partial charge in [0.25, 0.3) is 0 Å². The molecule has 158 valence electrons. The standard InChI is InChI=1S/C21H18Cl2N6O2/c22-15-6-3-13(9-16(15)23)19-18(20(25)30)17-11-28(7-8-29(17)27-19)21(31)26-14-4-1-12(10-24)2-5-14/h1-6,9,20,30H,7-8,11,25H2,(H,26,31). The smallest absolute Gasteiger partial charge is 0.322 e. The highest BCUT2D eigenvalue weighted by molar-refractivity contribution is 6.42. The fraction of sp³-hybridized carbons (Fsp3) is 0.190. The summed E-state index contributed by atoms with van der Waals surface area (Å²) in [4.78, 5) is 14.4. The molecule has 4 N–H and O–H groups in total. The van der Waals surface area contributed by atoms with E-state index in [2.05, 4.69) is 10.4 Å². The second-order valence-electron chi connectivity index (χ2n) is 7.05. The number of halogens is 2. The largest absolute Gasteiger partial charge is 0.374 e. The Hall–Kier alpha value is -3.09. The van der Waals surface area contributed by atoms with Gasteiger partial charge >= 0.3 is 6.03 Å². The van der Waals surface area contributed by atoms with E-state index in [0.717, 1.165) is 0 Å². The van der Waals surface area contributed by atoms with Gasteiger partial charge in [-0.05, 0) is 36.4 Å². The van der Waals surface area contributed by atoms with Crippen LogP contribution in [0.2, 0.25) is 10.0 Å². The van der Waals surface area contributed by atoms with Gasteiger partial charge in [0.2, 0.25) is 0 Å². The third kappa shape index (κ3) is 4.22. The summed E-state index contributed by atoms with van der Waals surface area (Å²) >= 11 is 12.2. The third-order valence-corrected chi connectivity index (χ3v) is 5.80. The molecule has 1 aromatic heterocycles. The molecule has 0 saturated carbocycles. The van der Waals surface area contributed by atoms with E-state index in [0.29, 0.717) is 56.9 Å². The molecule has 0 radical (unpaired) electrons. The number of amides is 2. The number of aliphatic hydroxyl groups excluding tert-OH is 1. The Morgan fingerprint density at radius 3 is 2.58 bits per heavy atom. The van der Waals surface area contributed by atoms with E-state index in [1.807, 2.05) is 6.07 Å². The lowest BCUT2D eigenvalue weighted by Gasteiger charge is -2.28. The lowest BCUT2D eigenvalue weighted by atomic mass is 10.0. The van der Waals surface area contributed by atoms with E-state index >= 15 is 0 Å². The van der Waals surface area contributed by atoms with Crippen LogP contribution < -0.4 is 11.1 Å². The molecule has 2 heterocycles. The molecule has 0 saturated heterocycles. The maximum absolute atomic E-state index is 12.8. The van der Waals surface area contributed by atoms with Crippen molar-refractivity contribution in [2.24, 2.45) is 5.73 Å². The second kappa shape index (κ2) is 8.57. The lowest BCUT2D eigenvalue weighted by molar-refractivity contribution is 0.176. The van der Waals surface area contributed by atoms with Crippen LogP contribution in [0.25, 0.3) is 11.3 Å². The molecule has 1 aliphatic rings. The van der Waals surface area contributed by atoms with Gasteiger partial charge in [-0.2, -0.15) is 10.4 Å². The molecule has 0 spiro atoms. The summed E-state index contributed by atoms with van der Waals surface area (Å²) in [6, 6.07) is 13.4. The fourth-order valence-electron chi connectivity index (χ4n) is 3.51. The first-order valence-electron chi connectivity index (χ1n) is 9.42. The van der Waals surface area contributed by atoms with Gasteiger partial charge < -0.3 is 21.1 Å². The van der Waals surface area contributed by atoms with Crippen molar-refractivity contribution in [3.63, 3.8) is 0 Å². The van der Waals surface area contributed by atoms with Gasteiger partial charge in [0.1, 0.15) is 6.23 Å². The monoisotopic (exact) mass is 456 g/mol. The topological polar surface area (TPSA) is 120 Å². The average molecular weight is 457 g/mol. The number of nitrogens with two attached hydrogens (primary N) is 1. The van der Waals surface area contributed by atoms with Gasteiger partial charge in [0.05, 0.1) is 46.2 Å². The Bertz CT molecular complexity index is 1180. The molecule has 2 amide bonds. The first-order chi connectivity index (χ1) is 14.9. The van der Waals surface area contributed by atoms with Crippen LogP contribution in [0.4, 0.5) is 10.5 Å². The highest BCUT2D eigenvalue weighted by atomic mass is 35.5. The van der Waals surface area contributed by atoms with Gasteiger partial charge in [0.15, 0.2) is 0 Å². The zero-order chi connectivity index (χ0) is 22.1. The van der Waals surface area contributed by atoms with Crippen LogP contribution in [0.3, 0.4) is 0 Å². The first-order valence-corrected chi connectivity index (χ1v) is 10.2. The van der Waals surface area contributed by atoms with Crippen molar-refractivity contribution in [1.82, 2.24) is 14.7 Å². The normalized spacial score (nSPS) is 14.0. The molecule has 0 bridgehead atoms. The number of carbonyl (C=O) groups is 1. The molecular formula is C21H18Cl2N6O2. The van der Waals surface area contributed by atoms with E-state index in [9.17, 15) is 9.90 Å². The van der Waals surface area contributed by atoms with Crippen molar-refractivity contribution in [2.45, 2.75) is 19.3 Å². The molecule has 4 rings (SSSR count). The maximum Gasteiger partial charge on any atom is 0.322 e. The fourth-order valence-corrected chi connectivity index (χ4v) is 3.81. The summed E-state index contributed by atoms with van der Waals surface area (Å²) < 4.78 is 1.74. The molecule has 1 atom stereocenters. The number of hydrogen-bond donors (Lipinski definition) is 3. The molecular weight excluding hydrogens is 439 g/mol. The molecule has 0 aliphatic carbocycles. The molecule has 8 nitrogen and oxygen atoms in total. The molecule has 0 fully saturated rings. The maximum atomic E-state index is 12.8. The second-order valence-corrected chi connectivity index (χ2v) is 7.86. The zero-order valence-corrected chi connectivity index (χ0v) is 17.7. The number of aliphatic hydroxyl groups is 1. The summed E-state index contributed by atoms with van der Waals surface area (Å²) in [5, 5.41) is 27.3. The van der Waals surface area contributed by atoms with Crippen molar-refractivity contribution >= 4 is 34.9 Å². The van der Waals surface area contributed by atoms with Crippen molar-refractivity contribution in [1.29, 1.82) is 5.26 Å². The van der Waals surface area contributed by atoms with E-state index in [4.69, 9.17) is 34.2 Å². The zero-order valence-electron chi connectivity index (χ0n) is 16.2. The molecule has 2 aromatic carbocycles. The van der Waals surface area contributed by atoms with Crippen LogP contribution in [0.5, 0.6) is 0 Å². The number of anilines is 1. The predicted molar refractivity (Wildman–Crippen MR) is 117 cm³/mol. The number of nitriles is 1. The van der Waals surface area contributed by atoms with Crippen molar-refractivity contribution in [3.8, 4) is 17.3 Å². The van der Waals surface area contributed by atoms with Crippen LogP contribution >= 0.6 is 23.2 Å².